The predicted molar refractivity (Wildman–Crippen MR) is 62.2 cm³/mol. The number of likely N-dealkylation sites (N-methyl/N-ethyl adjacent to an activating group) is 1. The first-order chi connectivity index (χ1) is 7.52. The molecular formula is C12H23NO3. The fraction of sp³-hybridized carbons (Fsp3) is 0.917. The van der Waals surface area contributed by atoms with E-state index in [-0.39, 0.29) is 11.9 Å². The largest absolute Gasteiger partial charge is 0.469 e. The second-order valence-corrected chi connectivity index (χ2v) is 4.79. The lowest BCUT2D eigenvalue weighted by atomic mass is 10.1. The van der Waals surface area contributed by atoms with Crippen molar-refractivity contribution in [3.63, 3.8) is 0 Å². The van der Waals surface area contributed by atoms with Crippen LogP contribution in [0.4, 0.5) is 0 Å². The van der Waals surface area contributed by atoms with Gasteiger partial charge in [-0.05, 0) is 26.8 Å². The summed E-state index contributed by atoms with van der Waals surface area (Å²) in [5.74, 6) is -0.221. The van der Waals surface area contributed by atoms with Crippen molar-refractivity contribution in [1.82, 2.24) is 4.90 Å². The van der Waals surface area contributed by atoms with Gasteiger partial charge < -0.3 is 14.4 Å². The van der Waals surface area contributed by atoms with Crippen LogP contribution in [0.25, 0.3) is 0 Å². The monoisotopic (exact) mass is 229 g/mol. The summed E-state index contributed by atoms with van der Waals surface area (Å²) in [4.78, 5) is 13.4. The minimum Gasteiger partial charge on any atom is -0.469 e. The van der Waals surface area contributed by atoms with Crippen molar-refractivity contribution in [1.29, 1.82) is 0 Å². The third-order valence-corrected chi connectivity index (χ3v) is 3.02. The van der Waals surface area contributed by atoms with E-state index in [4.69, 9.17) is 9.47 Å². The summed E-state index contributed by atoms with van der Waals surface area (Å²) in [5, 5.41) is 0. The lowest BCUT2D eigenvalue weighted by Crippen LogP contribution is -2.35. The zero-order valence-corrected chi connectivity index (χ0v) is 10.7. The van der Waals surface area contributed by atoms with E-state index >= 15 is 0 Å². The van der Waals surface area contributed by atoms with E-state index in [1.54, 1.807) is 0 Å². The smallest absolute Gasteiger partial charge is 0.309 e. The van der Waals surface area contributed by atoms with Crippen molar-refractivity contribution in [2.24, 2.45) is 5.92 Å². The summed E-state index contributed by atoms with van der Waals surface area (Å²) in [6, 6.07) is 0. The van der Waals surface area contributed by atoms with Crippen molar-refractivity contribution in [3.05, 3.63) is 0 Å². The Labute approximate surface area is 97.9 Å². The number of esters is 1. The Bertz CT molecular complexity index is 232. The van der Waals surface area contributed by atoms with Gasteiger partial charge in [0.2, 0.25) is 0 Å². The number of hydrogen-bond acceptors (Lipinski definition) is 4. The second kappa shape index (κ2) is 6.21. The Morgan fingerprint density at radius 2 is 2.25 bits per heavy atom. The maximum absolute atomic E-state index is 11.3. The minimum atomic E-state index is -0.146. The molecule has 0 aromatic heterocycles. The van der Waals surface area contributed by atoms with Gasteiger partial charge in [0.05, 0.1) is 25.2 Å². The van der Waals surface area contributed by atoms with Crippen LogP contribution in [-0.2, 0) is 14.3 Å². The van der Waals surface area contributed by atoms with Crippen LogP contribution in [0, 0.1) is 5.92 Å². The van der Waals surface area contributed by atoms with Gasteiger partial charge in [-0.1, -0.05) is 6.92 Å². The van der Waals surface area contributed by atoms with Crippen LogP contribution in [0.3, 0.4) is 0 Å². The van der Waals surface area contributed by atoms with Gasteiger partial charge in [-0.3, -0.25) is 4.79 Å². The molecule has 0 N–H and O–H groups in total. The lowest BCUT2D eigenvalue weighted by Gasteiger charge is -2.23. The molecule has 0 saturated carbocycles. The number of nitrogens with zero attached hydrogens (tertiary/aromatic N) is 1. The van der Waals surface area contributed by atoms with Crippen LogP contribution in [0.1, 0.15) is 26.7 Å². The first-order valence-corrected chi connectivity index (χ1v) is 5.94. The minimum absolute atomic E-state index is 0.0752. The van der Waals surface area contributed by atoms with Gasteiger partial charge in [0, 0.05) is 13.1 Å². The summed E-state index contributed by atoms with van der Waals surface area (Å²) in [6.07, 6.45) is 2.98. The highest BCUT2D eigenvalue weighted by atomic mass is 16.5. The topological polar surface area (TPSA) is 38.8 Å². The van der Waals surface area contributed by atoms with E-state index in [9.17, 15) is 4.79 Å². The zero-order valence-electron chi connectivity index (χ0n) is 10.7. The molecule has 3 unspecified atom stereocenters. The van der Waals surface area contributed by atoms with Crippen molar-refractivity contribution in [2.45, 2.75) is 38.9 Å². The number of hydrogen-bond donors (Lipinski definition) is 0. The Morgan fingerprint density at radius 1 is 1.56 bits per heavy atom. The third-order valence-electron chi connectivity index (χ3n) is 3.02. The van der Waals surface area contributed by atoms with E-state index in [1.807, 2.05) is 14.0 Å². The van der Waals surface area contributed by atoms with Gasteiger partial charge in [-0.15, -0.1) is 0 Å². The van der Waals surface area contributed by atoms with Gasteiger partial charge >= 0.3 is 5.97 Å². The molecule has 0 bridgehead atoms. The van der Waals surface area contributed by atoms with Gasteiger partial charge in [0.25, 0.3) is 0 Å². The number of carbonyl (C=O) groups is 1. The number of carbonyl (C=O) groups excluding carboxylic acids is 1. The molecule has 1 fully saturated rings. The van der Waals surface area contributed by atoms with Gasteiger partial charge in [-0.2, -0.15) is 0 Å². The summed E-state index contributed by atoms with van der Waals surface area (Å²) in [7, 11) is 3.45. The van der Waals surface area contributed by atoms with Crippen LogP contribution in [0.15, 0.2) is 0 Å². The molecule has 1 saturated heterocycles. The highest BCUT2D eigenvalue weighted by molar-refractivity contribution is 5.71. The summed E-state index contributed by atoms with van der Waals surface area (Å²) < 4.78 is 10.4. The Morgan fingerprint density at radius 3 is 2.75 bits per heavy atom. The van der Waals surface area contributed by atoms with Crippen LogP contribution < -0.4 is 0 Å². The SMILES string of the molecule is COC(=O)C(C)CN(C)CC1CCC(C)O1. The standard InChI is InChI=1S/C12H23NO3/c1-9(12(14)15-4)7-13(3)8-11-6-5-10(2)16-11/h9-11H,5-8H2,1-4H3. The lowest BCUT2D eigenvalue weighted by molar-refractivity contribution is -0.145. The third kappa shape index (κ3) is 4.10. The quantitative estimate of drug-likeness (QED) is 0.666. The number of methoxy groups -OCH3 is 1. The molecule has 4 nitrogen and oxygen atoms in total. The number of rotatable bonds is 5. The van der Waals surface area contributed by atoms with Crippen molar-refractivity contribution in [3.8, 4) is 0 Å². The Kier molecular flexibility index (Phi) is 5.22. The molecule has 0 radical (unpaired) electrons. The van der Waals surface area contributed by atoms with Crippen LogP contribution in [0.5, 0.6) is 0 Å². The van der Waals surface area contributed by atoms with Crippen LogP contribution in [0.2, 0.25) is 0 Å². The Balaban J connectivity index is 2.25. The summed E-state index contributed by atoms with van der Waals surface area (Å²) >= 11 is 0. The van der Waals surface area contributed by atoms with Crippen molar-refractivity contribution < 1.29 is 14.3 Å². The molecule has 0 aromatic rings. The van der Waals surface area contributed by atoms with Gasteiger partial charge in [-0.25, -0.2) is 0 Å². The molecule has 3 atom stereocenters. The van der Waals surface area contributed by atoms with Crippen LogP contribution >= 0.6 is 0 Å². The van der Waals surface area contributed by atoms with Crippen molar-refractivity contribution in [2.75, 3.05) is 27.2 Å². The molecule has 94 valence electrons. The predicted octanol–water partition coefficient (Wildman–Crippen LogP) is 1.29. The first kappa shape index (κ1) is 13.5. The first-order valence-electron chi connectivity index (χ1n) is 5.94. The molecular weight excluding hydrogens is 206 g/mol. The van der Waals surface area contributed by atoms with Gasteiger partial charge in [0.1, 0.15) is 0 Å². The van der Waals surface area contributed by atoms with E-state index in [0.29, 0.717) is 12.2 Å². The molecule has 1 rings (SSSR count). The fourth-order valence-electron chi connectivity index (χ4n) is 2.18. The molecule has 0 amide bonds. The maximum atomic E-state index is 11.3. The Hall–Kier alpha value is -0.610. The molecule has 0 spiro atoms. The number of ether oxygens (including phenoxy) is 2. The molecule has 4 heteroatoms. The fourth-order valence-corrected chi connectivity index (χ4v) is 2.18. The zero-order chi connectivity index (χ0) is 12.1. The summed E-state index contributed by atoms with van der Waals surface area (Å²) in [5.41, 5.74) is 0. The average Bonchev–Trinajstić information content (AvgIpc) is 2.62. The van der Waals surface area contributed by atoms with Gasteiger partial charge in [0.15, 0.2) is 0 Å². The second-order valence-electron chi connectivity index (χ2n) is 4.79. The highest BCUT2D eigenvalue weighted by Crippen LogP contribution is 2.19. The normalized spacial score (nSPS) is 27.1. The van der Waals surface area contributed by atoms with E-state index in [0.717, 1.165) is 25.9 Å². The molecule has 1 heterocycles. The molecule has 0 aromatic carbocycles. The van der Waals surface area contributed by atoms with E-state index in [1.165, 1.54) is 7.11 Å². The summed E-state index contributed by atoms with van der Waals surface area (Å²) in [6.45, 7) is 5.62. The van der Waals surface area contributed by atoms with E-state index < -0.39 is 0 Å². The molecule has 16 heavy (non-hydrogen) atoms. The van der Waals surface area contributed by atoms with E-state index in [2.05, 4.69) is 11.8 Å². The average molecular weight is 229 g/mol. The molecule has 1 aliphatic rings. The molecule has 0 aliphatic carbocycles. The van der Waals surface area contributed by atoms with Crippen LogP contribution in [-0.4, -0.2) is 50.3 Å². The van der Waals surface area contributed by atoms with Crippen molar-refractivity contribution >= 4 is 5.97 Å². The maximum Gasteiger partial charge on any atom is 0.309 e. The molecule has 1 aliphatic heterocycles. The highest BCUT2D eigenvalue weighted by Gasteiger charge is 2.24.